The molecule has 0 aromatic carbocycles. The Labute approximate surface area is 153 Å². The summed E-state index contributed by atoms with van der Waals surface area (Å²) in [7, 11) is 0. The number of hydrogen-bond donors (Lipinski definition) is 1. The van der Waals surface area contributed by atoms with E-state index in [1.807, 2.05) is 24.3 Å². The Hall–Kier alpha value is -2.39. The number of carbonyl (C=O) groups is 1. The molecule has 3 aromatic heterocycles. The van der Waals surface area contributed by atoms with E-state index >= 15 is 0 Å². The Morgan fingerprint density at radius 3 is 2.84 bits per heavy atom. The van der Waals surface area contributed by atoms with Gasteiger partial charge in [0.25, 0.3) is 0 Å². The van der Waals surface area contributed by atoms with Crippen molar-refractivity contribution in [2.75, 3.05) is 11.1 Å². The van der Waals surface area contributed by atoms with E-state index in [1.54, 1.807) is 12.4 Å². The maximum atomic E-state index is 12.0. The molecule has 9 heteroatoms. The van der Waals surface area contributed by atoms with Gasteiger partial charge in [0.2, 0.25) is 11.0 Å². The van der Waals surface area contributed by atoms with Crippen LogP contribution in [0.15, 0.2) is 41.7 Å². The van der Waals surface area contributed by atoms with E-state index in [1.165, 1.54) is 23.1 Å². The number of anilines is 1. The highest BCUT2D eigenvalue weighted by Crippen LogP contribution is 2.20. The Morgan fingerprint density at radius 1 is 1.20 bits per heavy atom. The number of hydrogen-bond acceptors (Lipinski definition) is 8. The fraction of sp³-hybridized carbons (Fsp3) is 0.250. The van der Waals surface area contributed by atoms with Gasteiger partial charge in [0.1, 0.15) is 10.0 Å². The minimum atomic E-state index is -0.137. The molecule has 0 radical (unpaired) electrons. The van der Waals surface area contributed by atoms with Crippen molar-refractivity contribution in [2.45, 2.75) is 24.8 Å². The van der Waals surface area contributed by atoms with E-state index in [0.29, 0.717) is 10.2 Å². The molecular formula is C16H16N6OS2. The number of nitrogens with zero attached hydrogens (tertiary/aromatic N) is 5. The van der Waals surface area contributed by atoms with Crippen molar-refractivity contribution in [3.63, 3.8) is 0 Å². The van der Waals surface area contributed by atoms with Gasteiger partial charge < -0.3 is 0 Å². The van der Waals surface area contributed by atoms with E-state index in [0.717, 1.165) is 29.1 Å². The Balaban J connectivity index is 1.51. The number of carbonyl (C=O) groups excluding carboxylic acids is 1. The van der Waals surface area contributed by atoms with Gasteiger partial charge in [-0.05, 0) is 30.7 Å². The van der Waals surface area contributed by atoms with Gasteiger partial charge in [-0.25, -0.2) is 0 Å². The molecule has 0 aliphatic carbocycles. The molecule has 7 nitrogen and oxygen atoms in total. The monoisotopic (exact) mass is 372 g/mol. The van der Waals surface area contributed by atoms with Crippen LogP contribution in [0, 0.1) is 0 Å². The van der Waals surface area contributed by atoms with Crippen LogP contribution in [-0.2, 0) is 11.2 Å². The first-order chi connectivity index (χ1) is 12.2. The summed E-state index contributed by atoms with van der Waals surface area (Å²) < 4.78 is 0. The van der Waals surface area contributed by atoms with Gasteiger partial charge in [0.05, 0.1) is 11.4 Å². The molecule has 3 aromatic rings. The highest BCUT2D eigenvalue weighted by molar-refractivity contribution is 7.99. The van der Waals surface area contributed by atoms with Crippen molar-refractivity contribution >= 4 is 34.1 Å². The third-order valence-corrected chi connectivity index (χ3v) is 4.94. The lowest BCUT2D eigenvalue weighted by Gasteiger charge is -2.02. The molecule has 0 atom stereocenters. The van der Waals surface area contributed by atoms with Crippen molar-refractivity contribution < 1.29 is 4.79 Å². The summed E-state index contributed by atoms with van der Waals surface area (Å²) in [5.74, 6) is 0.103. The fourth-order valence-electron chi connectivity index (χ4n) is 1.98. The number of amides is 1. The molecular weight excluding hydrogens is 356 g/mol. The topological polar surface area (TPSA) is 93.6 Å². The standard InChI is InChI=1S/C16H16N6OS2/c1-2-4-15-21-22-16(25-15)18-13(23)10-24-14-7-6-12(19-20-14)11-5-3-8-17-9-11/h3,5-9H,2,4,10H2,1H3,(H,18,22,23). The Bertz CT molecular complexity index is 822. The number of nitrogens with one attached hydrogen (secondary N) is 1. The first-order valence-corrected chi connectivity index (χ1v) is 9.54. The molecule has 128 valence electrons. The average Bonchev–Trinajstić information content (AvgIpc) is 3.08. The highest BCUT2D eigenvalue weighted by Gasteiger charge is 2.09. The lowest BCUT2D eigenvalue weighted by Crippen LogP contribution is -2.14. The van der Waals surface area contributed by atoms with Crippen LogP contribution in [0.25, 0.3) is 11.3 Å². The summed E-state index contributed by atoms with van der Waals surface area (Å²) >= 11 is 2.73. The van der Waals surface area contributed by atoms with Crippen LogP contribution in [0.1, 0.15) is 18.4 Å². The second kappa shape index (κ2) is 8.63. The van der Waals surface area contributed by atoms with Gasteiger partial charge >= 0.3 is 0 Å². The molecule has 0 unspecified atom stereocenters. The molecule has 1 amide bonds. The fourth-order valence-corrected chi connectivity index (χ4v) is 3.45. The second-order valence-corrected chi connectivity index (χ2v) is 7.14. The predicted molar refractivity (Wildman–Crippen MR) is 98.5 cm³/mol. The molecule has 25 heavy (non-hydrogen) atoms. The number of aromatic nitrogens is 5. The van der Waals surface area contributed by atoms with E-state index in [-0.39, 0.29) is 11.7 Å². The molecule has 0 fully saturated rings. The van der Waals surface area contributed by atoms with E-state index in [2.05, 4.69) is 37.6 Å². The molecule has 0 bridgehead atoms. The smallest absolute Gasteiger partial charge is 0.236 e. The molecule has 0 saturated carbocycles. The summed E-state index contributed by atoms with van der Waals surface area (Å²) in [4.78, 5) is 16.1. The molecule has 0 spiro atoms. The highest BCUT2D eigenvalue weighted by atomic mass is 32.2. The maximum absolute atomic E-state index is 12.0. The van der Waals surface area contributed by atoms with Gasteiger partial charge in [-0.3, -0.25) is 15.1 Å². The predicted octanol–water partition coefficient (Wildman–Crippen LogP) is 3.07. The van der Waals surface area contributed by atoms with Gasteiger partial charge in [0, 0.05) is 24.4 Å². The van der Waals surface area contributed by atoms with Crippen molar-refractivity contribution in [3.05, 3.63) is 41.7 Å². The first-order valence-electron chi connectivity index (χ1n) is 7.73. The normalized spacial score (nSPS) is 10.6. The molecule has 0 aliphatic rings. The van der Waals surface area contributed by atoms with E-state index in [9.17, 15) is 4.79 Å². The lowest BCUT2D eigenvalue weighted by atomic mass is 10.2. The van der Waals surface area contributed by atoms with Crippen molar-refractivity contribution in [3.8, 4) is 11.3 Å². The summed E-state index contributed by atoms with van der Waals surface area (Å²) in [5, 5.41) is 21.2. The zero-order valence-electron chi connectivity index (χ0n) is 13.5. The molecule has 3 rings (SSSR count). The number of pyridine rings is 1. The van der Waals surface area contributed by atoms with Crippen LogP contribution in [0.4, 0.5) is 5.13 Å². The third kappa shape index (κ3) is 5.04. The zero-order valence-corrected chi connectivity index (χ0v) is 15.2. The zero-order chi connectivity index (χ0) is 17.5. The van der Waals surface area contributed by atoms with Crippen LogP contribution >= 0.6 is 23.1 Å². The van der Waals surface area contributed by atoms with Gasteiger partial charge in [-0.1, -0.05) is 30.0 Å². The molecule has 0 saturated heterocycles. The summed E-state index contributed by atoms with van der Waals surface area (Å²) in [6.45, 7) is 2.08. The number of rotatable bonds is 7. The minimum absolute atomic E-state index is 0.137. The van der Waals surface area contributed by atoms with E-state index < -0.39 is 0 Å². The molecule has 3 heterocycles. The summed E-state index contributed by atoms with van der Waals surface area (Å²) in [6.07, 6.45) is 5.33. The van der Waals surface area contributed by atoms with Gasteiger partial charge in [-0.15, -0.1) is 20.4 Å². The van der Waals surface area contributed by atoms with Gasteiger partial charge in [-0.2, -0.15) is 0 Å². The Morgan fingerprint density at radius 2 is 2.12 bits per heavy atom. The average molecular weight is 372 g/mol. The first kappa shape index (κ1) is 17.4. The molecule has 1 N–H and O–H groups in total. The maximum Gasteiger partial charge on any atom is 0.236 e. The second-order valence-electron chi connectivity index (χ2n) is 5.09. The van der Waals surface area contributed by atoms with E-state index in [4.69, 9.17) is 0 Å². The number of thioether (sulfide) groups is 1. The summed E-state index contributed by atoms with van der Waals surface area (Å²) in [5.41, 5.74) is 1.66. The SMILES string of the molecule is CCCc1nnc(NC(=O)CSc2ccc(-c3cccnc3)nn2)s1. The van der Waals surface area contributed by atoms with Gasteiger partial charge in [0.15, 0.2) is 0 Å². The largest absolute Gasteiger partial charge is 0.300 e. The summed E-state index contributed by atoms with van der Waals surface area (Å²) in [6, 6.07) is 7.49. The van der Waals surface area contributed by atoms with Crippen LogP contribution < -0.4 is 5.32 Å². The minimum Gasteiger partial charge on any atom is -0.300 e. The van der Waals surface area contributed by atoms with Crippen molar-refractivity contribution in [2.24, 2.45) is 0 Å². The van der Waals surface area contributed by atoms with Crippen LogP contribution in [0.5, 0.6) is 0 Å². The molecule has 0 aliphatic heterocycles. The Kier molecular flexibility index (Phi) is 6.02. The quantitative estimate of drug-likeness (QED) is 0.637. The van der Waals surface area contributed by atoms with Crippen LogP contribution in [-0.4, -0.2) is 37.0 Å². The van der Waals surface area contributed by atoms with Crippen molar-refractivity contribution in [1.29, 1.82) is 0 Å². The van der Waals surface area contributed by atoms with Crippen molar-refractivity contribution in [1.82, 2.24) is 25.4 Å². The van der Waals surface area contributed by atoms with Crippen LogP contribution in [0.2, 0.25) is 0 Å². The third-order valence-electron chi connectivity index (χ3n) is 3.13. The van der Waals surface area contributed by atoms with Crippen LogP contribution in [0.3, 0.4) is 0 Å². The number of aryl methyl sites for hydroxylation is 1. The lowest BCUT2D eigenvalue weighted by molar-refractivity contribution is -0.113.